The Balaban J connectivity index is 1.50. The number of fused-ring (bicyclic) bond motifs is 5. The van der Waals surface area contributed by atoms with Gasteiger partial charge in [0.2, 0.25) is 0 Å². The molecule has 0 heterocycles. The summed E-state index contributed by atoms with van der Waals surface area (Å²) in [6, 6.07) is 37.7. The third-order valence-corrected chi connectivity index (χ3v) is 13.5. The normalized spacial score (nSPS) is 19.7. The molecule has 3 aliphatic carbocycles. The zero-order valence-electron chi connectivity index (χ0n) is 33.0. The molecule has 0 spiro atoms. The molecule has 0 aromatic heterocycles. The van der Waals surface area contributed by atoms with E-state index in [4.69, 9.17) is 0 Å². The Morgan fingerprint density at radius 2 is 0.941 bits per heavy atom. The van der Waals surface area contributed by atoms with Crippen LogP contribution in [0.5, 0.6) is 0 Å². The Morgan fingerprint density at radius 3 is 1.63 bits per heavy atom. The third kappa shape index (κ3) is 5.16. The summed E-state index contributed by atoms with van der Waals surface area (Å²) in [5, 5.41) is 0. The van der Waals surface area contributed by atoms with Crippen molar-refractivity contribution in [2.24, 2.45) is 0 Å². The zero-order chi connectivity index (χ0) is 36.3. The van der Waals surface area contributed by atoms with Crippen LogP contribution >= 0.6 is 0 Å². The summed E-state index contributed by atoms with van der Waals surface area (Å²) in [4.78, 5) is 2.61. The van der Waals surface area contributed by atoms with Crippen molar-refractivity contribution in [3.8, 4) is 22.3 Å². The molecule has 0 amide bonds. The van der Waals surface area contributed by atoms with E-state index in [0.717, 1.165) is 0 Å². The number of rotatable bonds is 4. The van der Waals surface area contributed by atoms with E-state index in [1.807, 2.05) is 0 Å². The van der Waals surface area contributed by atoms with Gasteiger partial charge in [-0.1, -0.05) is 136 Å². The van der Waals surface area contributed by atoms with Crippen LogP contribution in [0.15, 0.2) is 97.1 Å². The highest BCUT2D eigenvalue weighted by Gasteiger charge is 2.42. The van der Waals surface area contributed by atoms with Crippen molar-refractivity contribution in [1.82, 2.24) is 0 Å². The molecule has 0 saturated carbocycles. The lowest BCUT2D eigenvalue weighted by Crippen LogP contribution is -2.34. The molecule has 262 valence electrons. The van der Waals surface area contributed by atoms with Gasteiger partial charge in [0, 0.05) is 22.4 Å². The van der Waals surface area contributed by atoms with E-state index in [9.17, 15) is 0 Å². The minimum atomic E-state index is -0.115. The standard InChI is InChI=1S/C50H57N/c1-32-28-41-42(48(6,7)25-24-47(41,4)5)31-43(32)51(33-18-13-12-14-19-33)44-30-40-36(34-20-15-16-22-38(34)50(40,10)11)29-37(44)35-21-17-23-39-45(35)49(8,9)27-26-46(39,2)3/h12-23,28-31H,24-27H2,1-11H3. The lowest BCUT2D eigenvalue weighted by Gasteiger charge is -2.44. The van der Waals surface area contributed by atoms with Crippen LogP contribution in [0.1, 0.15) is 134 Å². The Morgan fingerprint density at radius 1 is 0.412 bits per heavy atom. The highest BCUT2D eigenvalue weighted by molar-refractivity contribution is 5.96. The molecule has 3 aliphatic rings. The fourth-order valence-electron chi connectivity index (χ4n) is 10.0. The average Bonchev–Trinajstić information content (AvgIpc) is 3.31. The molecular weight excluding hydrogens is 615 g/mol. The molecule has 5 aromatic carbocycles. The first kappa shape index (κ1) is 34.0. The summed E-state index contributed by atoms with van der Waals surface area (Å²) in [5.41, 5.74) is 19.7. The molecule has 0 radical (unpaired) electrons. The van der Waals surface area contributed by atoms with Gasteiger partial charge in [0.25, 0.3) is 0 Å². The van der Waals surface area contributed by atoms with Crippen molar-refractivity contribution in [3.05, 3.63) is 136 Å². The summed E-state index contributed by atoms with van der Waals surface area (Å²) >= 11 is 0. The molecule has 8 rings (SSSR count). The van der Waals surface area contributed by atoms with E-state index < -0.39 is 0 Å². The number of para-hydroxylation sites is 1. The van der Waals surface area contributed by atoms with Crippen molar-refractivity contribution in [3.63, 3.8) is 0 Å². The van der Waals surface area contributed by atoms with E-state index >= 15 is 0 Å². The predicted molar refractivity (Wildman–Crippen MR) is 219 cm³/mol. The largest absolute Gasteiger partial charge is 0.310 e. The van der Waals surface area contributed by atoms with Crippen LogP contribution < -0.4 is 4.90 Å². The van der Waals surface area contributed by atoms with Gasteiger partial charge in [-0.25, -0.2) is 0 Å². The van der Waals surface area contributed by atoms with Crippen molar-refractivity contribution >= 4 is 17.1 Å². The molecule has 5 aromatic rings. The quantitative estimate of drug-likeness (QED) is 0.184. The molecule has 0 bridgehead atoms. The number of hydrogen-bond donors (Lipinski definition) is 0. The maximum absolute atomic E-state index is 2.61. The van der Waals surface area contributed by atoms with Crippen molar-refractivity contribution in [2.45, 2.75) is 129 Å². The molecular formula is C50H57N. The Hall–Kier alpha value is -4.10. The van der Waals surface area contributed by atoms with Crippen LogP contribution in [-0.2, 0) is 27.1 Å². The van der Waals surface area contributed by atoms with Gasteiger partial charge in [-0.2, -0.15) is 0 Å². The minimum Gasteiger partial charge on any atom is -0.310 e. The van der Waals surface area contributed by atoms with Crippen LogP contribution in [0.4, 0.5) is 17.1 Å². The summed E-state index contributed by atoms with van der Waals surface area (Å²) in [5.74, 6) is 0. The van der Waals surface area contributed by atoms with Gasteiger partial charge < -0.3 is 4.90 Å². The zero-order valence-corrected chi connectivity index (χ0v) is 33.0. The Bertz CT molecular complexity index is 2190. The smallest absolute Gasteiger partial charge is 0.0543 e. The van der Waals surface area contributed by atoms with E-state index in [-0.39, 0.29) is 27.1 Å². The molecule has 0 saturated heterocycles. The lowest BCUT2D eigenvalue weighted by atomic mass is 9.61. The molecule has 0 unspecified atom stereocenters. The first-order valence-electron chi connectivity index (χ1n) is 19.4. The summed E-state index contributed by atoms with van der Waals surface area (Å²) in [6.07, 6.45) is 4.78. The van der Waals surface area contributed by atoms with Crippen LogP contribution in [0, 0.1) is 6.92 Å². The molecule has 51 heavy (non-hydrogen) atoms. The molecule has 0 aliphatic heterocycles. The van der Waals surface area contributed by atoms with Gasteiger partial charge in [0.15, 0.2) is 0 Å². The van der Waals surface area contributed by atoms with E-state index in [0.29, 0.717) is 0 Å². The molecule has 0 fully saturated rings. The van der Waals surface area contributed by atoms with Gasteiger partial charge in [0.05, 0.1) is 5.69 Å². The number of nitrogens with zero attached hydrogens (tertiary/aromatic N) is 1. The fourth-order valence-corrected chi connectivity index (χ4v) is 10.0. The fraction of sp³-hybridized carbons (Fsp3) is 0.400. The third-order valence-electron chi connectivity index (χ3n) is 13.5. The van der Waals surface area contributed by atoms with E-state index in [2.05, 4.69) is 178 Å². The van der Waals surface area contributed by atoms with Gasteiger partial charge in [-0.3, -0.25) is 0 Å². The van der Waals surface area contributed by atoms with Crippen LogP contribution in [-0.4, -0.2) is 0 Å². The maximum Gasteiger partial charge on any atom is 0.0543 e. The van der Waals surface area contributed by atoms with Crippen LogP contribution in [0.3, 0.4) is 0 Å². The first-order chi connectivity index (χ1) is 23.9. The molecule has 0 N–H and O–H groups in total. The monoisotopic (exact) mass is 671 g/mol. The molecule has 1 nitrogen and oxygen atoms in total. The second-order valence-corrected chi connectivity index (χ2v) is 19.2. The number of benzene rings is 5. The Kier molecular flexibility index (Phi) is 7.47. The number of anilines is 3. The van der Waals surface area contributed by atoms with Crippen LogP contribution in [0.25, 0.3) is 22.3 Å². The topological polar surface area (TPSA) is 3.24 Å². The van der Waals surface area contributed by atoms with E-state index in [1.165, 1.54) is 104 Å². The highest BCUT2D eigenvalue weighted by Crippen LogP contribution is 2.57. The van der Waals surface area contributed by atoms with Crippen molar-refractivity contribution in [1.29, 1.82) is 0 Å². The van der Waals surface area contributed by atoms with Gasteiger partial charge in [0.1, 0.15) is 0 Å². The van der Waals surface area contributed by atoms with Crippen molar-refractivity contribution < 1.29 is 0 Å². The second-order valence-electron chi connectivity index (χ2n) is 19.2. The summed E-state index contributed by atoms with van der Waals surface area (Å²) < 4.78 is 0. The summed E-state index contributed by atoms with van der Waals surface area (Å²) in [7, 11) is 0. The average molecular weight is 672 g/mol. The maximum atomic E-state index is 2.61. The second kappa shape index (κ2) is 11.2. The van der Waals surface area contributed by atoms with Crippen molar-refractivity contribution in [2.75, 3.05) is 4.90 Å². The first-order valence-corrected chi connectivity index (χ1v) is 19.4. The van der Waals surface area contributed by atoms with Crippen LogP contribution in [0.2, 0.25) is 0 Å². The predicted octanol–water partition coefficient (Wildman–Crippen LogP) is 14.1. The van der Waals surface area contributed by atoms with Gasteiger partial charge in [-0.05, 0) is 140 Å². The highest BCUT2D eigenvalue weighted by atomic mass is 15.1. The lowest BCUT2D eigenvalue weighted by molar-refractivity contribution is 0.332. The number of aryl methyl sites for hydroxylation is 1. The summed E-state index contributed by atoms with van der Waals surface area (Å²) in [6.45, 7) is 26.8. The van der Waals surface area contributed by atoms with E-state index in [1.54, 1.807) is 0 Å². The SMILES string of the molecule is Cc1cc2c(cc1N(c1ccccc1)c1cc3c(cc1-c1cccc4c1C(C)(C)CCC4(C)C)-c1ccccc1C3(C)C)C(C)(C)CCC2(C)C. The molecule has 1 heteroatoms. The van der Waals surface area contributed by atoms with Gasteiger partial charge >= 0.3 is 0 Å². The minimum absolute atomic E-state index is 0.0594. The van der Waals surface area contributed by atoms with Gasteiger partial charge in [-0.15, -0.1) is 0 Å². The molecule has 0 atom stereocenters. The Labute approximate surface area is 308 Å². The number of hydrogen-bond acceptors (Lipinski definition) is 1.